The minimum absolute atomic E-state index is 0.0317. The summed E-state index contributed by atoms with van der Waals surface area (Å²) >= 11 is 12.5. The van der Waals surface area contributed by atoms with E-state index < -0.39 is 5.82 Å². The number of para-hydroxylation sites is 1. The van der Waals surface area contributed by atoms with Crippen molar-refractivity contribution in [2.75, 3.05) is 10.6 Å². The number of pyridine rings is 1. The Balaban J connectivity index is 1.46. The molecule has 0 saturated carbocycles. The van der Waals surface area contributed by atoms with Crippen LogP contribution in [0.4, 0.5) is 21.5 Å². The van der Waals surface area contributed by atoms with Crippen molar-refractivity contribution >= 4 is 51.2 Å². The van der Waals surface area contributed by atoms with E-state index in [9.17, 15) is 9.65 Å². The molecule has 0 unspecified atom stereocenters. The number of benzene rings is 3. The molecule has 2 heterocycles. The van der Waals surface area contributed by atoms with Crippen molar-refractivity contribution in [3.05, 3.63) is 100 Å². The quantitative estimate of drug-likeness (QED) is 0.275. The van der Waals surface area contributed by atoms with Gasteiger partial charge in [0, 0.05) is 23.0 Å². The maximum Gasteiger partial charge on any atom is 0.141 e. The Morgan fingerprint density at radius 3 is 2.57 bits per heavy atom. The molecule has 5 rings (SSSR count). The van der Waals surface area contributed by atoms with E-state index in [1.807, 2.05) is 42.6 Å². The van der Waals surface area contributed by atoms with E-state index in [0.717, 1.165) is 11.4 Å². The number of hydrogen-bond acceptors (Lipinski definition) is 6. The van der Waals surface area contributed by atoms with Gasteiger partial charge >= 0.3 is 0 Å². The predicted octanol–water partition coefficient (Wildman–Crippen LogP) is 6.49. The monoisotopic (exact) mass is 503 g/mol. The SMILES string of the molecule is N#Cc1cnc2c(Cl)cc(NCc3cn(-c4ccccc4)nn3)cc2c1Nc1ccc(F)c(Cl)c1. The summed E-state index contributed by atoms with van der Waals surface area (Å²) in [7, 11) is 0. The molecule has 35 heavy (non-hydrogen) atoms. The summed E-state index contributed by atoms with van der Waals surface area (Å²) in [4.78, 5) is 4.35. The number of fused-ring (bicyclic) bond motifs is 1. The summed E-state index contributed by atoms with van der Waals surface area (Å²) in [5.74, 6) is -0.531. The Kier molecular flexibility index (Phi) is 6.19. The fraction of sp³-hybridized carbons (Fsp3) is 0.0400. The van der Waals surface area contributed by atoms with Crippen LogP contribution in [-0.4, -0.2) is 20.0 Å². The van der Waals surface area contributed by atoms with E-state index in [2.05, 4.69) is 32.0 Å². The largest absolute Gasteiger partial charge is 0.379 e. The van der Waals surface area contributed by atoms with Gasteiger partial charge in [-0.2, -0.15) is 5.26 Å². The Bertz CT molecular complexity index is 1580. The van der Waals surface area contributed by atoms with Crippen LogP contribution < -0.4 is 10.6 Å². The van der Waals surface area contributed by atoms with Gasteiger partial charge in [-0.05, 0) is 42.5 Å². The molecule has 2 N–H and O–H groups in total. The van der Waals surface area contributed by atoms with Crippen LogP contribution >= 0.6 is 23.2 Å². The first-order valence-corrected chi connectivity index (χ1v) is 11.2. The van der Waals surface area contributed by atoms with Crippen LogP contribution in [0.25, 0.3) is 16.6 Å². The Morgan fingerprint density at radius 2 is 1.80 bits per heavy atom. The van der Waals surface area contributed by atoms with E-state index in [-0.39, 0.29) is 5.02 Å². The zero-order chi connectivity index (χ0) is 24.4. The summed E-state index contributed by atoms with van der Waals surface area (Å²) in [6.45, 7) is 0.399. The third kappa shape index (κ3) is 4.73. The van der Waals surface area contributed by atoms with Gasteiger partial charge in [-0.15, -0.1) is 5.10 Å². The summed E-state index contributed by atoms with van der Waals surface area (Å²) in [6, 6.07) is 19.6. The van der Waals surface area contributed by atoms with Crippen LogP contribution in [-0.2, 0) is 6.54 Å². The maximum atomic E-state index is 13.6. The molecule has 3 aromatic carbocycles. The fourth-order valence-electron chi connectivity index (χ4n) is 3.58. The average Bonchev–Trinajstić information content (AvgIpc) is 3.35. The summed E-state index contributed by atoms with van der Waals surface area (Å²) in [5.41, 5.74) is 4.17. The second-order valence-electron chi connectivity index (χ2n) is 7.61. The highest BCUT2D eigenvalue weighted by Gasteiger charge is 2.14. The van der Waals surface area contributed by atoms with Crippen LogP contribution in [0.15, 0.2) is 73.1 Å². The predicted molar refractivity (Wildman–Crippen MR) is 135 cm³/mol. The van der Waals surface area contributed by atoms with E-state index in [0.29, 0.717) is 45.1 Å². The van der Waals surface area contributed by atoms with Gasteiger partial charge in [-0.1, -0.05) is 46.6 Å². The summed E-state index contributed by atoms with van der Waals surface area (Å²) in [5, 5.41) is 25.5. The van der Waals surface area contributed by atoms with Crippen molar-refractivity contribution in [1.82, 2.24) is 20.0 Å². The number of halogens is 3. The Morgan fingerprint density at radius 1 is 1.00 bits per heavy atom. The van der Waals surface area contributed by atoms with Crippen molar-refractivity contribution in [1.29, 1.82) is 5.26 Å². The van der Waals surface area contributed by atoms with Gasteiger partial charge in [-0.25, -0.2) is 9.07 Å². The molecule has 7 nitrogen and oxygen atoms in total. The van der Waals surface area contributed by atoms with Crippen molar-refractivity contribution in [2.45, 2.75) is 6.54 Å². The zero-order valence-electron chi connectivity index (χ0n) is 18.0. The second-order valence-corrected chi connectivity index (χ2v) is 8.42. The van der Waals surface area contributed by atoms with Crippen molar-refractivity contribution in [3.8, 4) is 11.8 Å². The van der Waals surface area contributed by atoms with Crippen molar-refractivity contribution in [2.24, 2.45) is 0 Å². The van der Waals surface area contributed by atoms with Gasteiger partial charge in [0.1, 0.15) is 17.6 Å². The lowest BCUT2D eigenvalue weighted by atomic mass is 10.1. The number of anilines is 3. The molecule has 0 aliphatic rings. The summed E-state index contributed by atoms with van der Waals surface area (Å²) in [6.07, 6.45) is 3.28. The molecule has 0 aliphatic carbocycles. The highest BCUT2D eigenvalue weighted by Crippen LogP contribution is 2.35. The molecule has 5 aromatic rings. The van der Waals surface area contributed by atoms with E-state index in [1.54, 1.807) is 10.7 Å². The normalized spacial score (nSPS) is 10.8. The van der Waals surface area contributed by atoms with Crippen molar-refractivity contribution in [3.63, 3.8) is 0 Å². The molecule has 172 valence electrons. The third-order valence-corrected chi connectivity index (χ3v) is 5.85. The van der Waals surface area contributed by atoms with Gasteiger partial charge in [0.25, 0.3) is 0 Å². The Hall–Kier alpha value is -4.19. The van der Waals surface area contributed by atoms with Crippen LogP contribution in [0, 0.1) is 17.1 Å². The molecule has 0 bridgehead atoms. The first-order valence-electron chi connectivity index (χ1n) is 10.5. The van der Waals surface area contributed by atoms with Gasteiger partial charge < -0.3 is 10.6 Å². The number of nitriles is 1. The van der Waals surface area contributed by atoms with Crippen LogP contribution in [0.1, 0.15) is 11.3 Å². The second kappa shape index (κ2) is 9.58. The average molecular weight is 504 g/mol. The van der Waals surface area contributed by atoms with E-state index in [1.165, 1.54) is 24.4 Å². The molecule has 2 aromatic heterocycles. The molecule has 0 fully saturated rings. The number of nitrogens with zero attached hydrogens (tertiary/aromatic N) is 5. The first-order chi connectivity index (χ1) is 17.0. The van der Waals surface area contributed by atoms with Gasteiger partial charge in [-0.3, -0.25) is 4.98 Å². The molecule has 0 atom stereocenters. The minimum atomic E-state index is -0.531. The highest BCUT2D eigenvalue weighted by molar-refractivity contribution is 6.36. The fourth-order valence-corrected chi connectivity index (χ4v) is 4.03. The molecule has 0 amide bonds. The topological polar surface area (TPSA) is 91.5 Å². The lowest BCUT2D eigenvalue weighted by Crippen LogP contribution is -2.02. The molecule has 0 spiro atoms. The van der Waals surface area contributed by atoms with Crippen LogP contribution in [0.5, 0.6) is 0 Å². The van der Waals surface area contributed by atoms with Crippen molar-refractivity contribution < 1.29 is 4.39 Å². The van der Waals surface area contributed by atoms with Crippen LogP contribution in [0.3, 0.4) is 0 Å². The van der Waals surface area contributed by atoms with Crippen LogP contribution in [0.2, 0.25) is 10.0 Å². The number of hydrogen-bond donors (Lipinski definition) is 2. The van der Waals surface area contributed by atoms with E-state index >= 15 is 0 Å². The van der Waals surface area contributed by atoms with Gasteiger partial charge in [0.05, 0.1) is 45.2 Å². The lowest BCUT2D eigenvalue weighted by molar-refractivity contribution is 0.628. The third-order valence-electron chi connectivity index (χ3n) is 5.27. The van der Waals surface area contributed by atoms with Gasteiger partial charge in [0.15, 0.2) is 0 Å². The smallest absolute Gasteiger partial charge is 0.141 e. The molecule has 10 heteroatoms. The summed E-state index contributed by atoms with van der Waals surface area (Å²) < 4.78 is 15.3. The molecule has 0 radical (unpaired) electrons. The molecule has 0 aliphatic heterocycles. The minimum Gasteiger partial charge on any atom is -0.379 e. The first kappa shape index (κ1) is 22.6. The Labute approximate surface area is 209 Å². The zero-order valence-corrected chi connectivity index (χ0v) is 19.5. The molecular weight excluding hydrogens is 488 g/mol. The number of aromatic nitrogens is 4. The number of rotatable bonds is 6. The molecular formula is C25H16Cl2FN7. The van der Waals surface area contributed by atoms with E-state index in [4.69, 9.17) is 23.2 Å². The molecule has 0 saturated heterocycles. The lowest BCUT2D eigenvalue weighted by Gasteiger charge is -2.14. The van der Waals surface area contributed by atoms with Gasteiger partial charge in [0.2, 0.25) is 0 Å². The maximum absolute atomic E-state index is 13.6. The standard InChI is InChI=1S/C25H16Cl2FN7/c26-21-9-16(6-7-23(21)28)32-24-15(11-29)12-31-25-20(24)8-17(10-22(25)27)30-13-18-14-35(34-33-18)19-4-2-1-3-5-19/h1-10,12,14,30H,13H2,(H,31,32). The number of nitrogens with one attached hydrogen (secondary N) is 2. The highest BCUT2D eigenvalue weighted by atomic mass is 35.5.